The second-order valence-corrected chi connectivity index (χ2v) is 6.47. The Hall–Kier alpha value is -1.18. The zero-order valence-corrected chi connectivity index (χ0v) is 12.4. The fourth-order valence-electron chi connectivity index (χ4n) is 2.98. The Morgan fingerprint density at radius 3 is 2.56 bits per heavy atom. The summed E-state index contributed by atoms with van der Waals surface area (Å²) in [5, 5.41) is 3.73. The van der Waals surface area contributed by atoms with Gasteiger partial charge in [-0.2, -0.15) is 0 Å². The number of anilines is 2. The molecule has 0 bridgehead atoms. The minimum atomic E-state index is 0.420. The zero-order chi connectivity index (χ0) is 13.3. The van der Waals surface area contributed by atoms with Crippen molar-refractivity contribution in [1.29, 1.82) is 0 Å². The third-order valence-electron chi connectivity index (χ3n) is 4.29. The fourth-order valence-corrected chi connectivity index (χ4v) is 2.98. The molecule has 0 heterocycles. The number of benzene rings is 1. The molecule has 18 heavy (non-hydrogen) atoms. The van der Waals surface area contributed by atoms with E-state index in [9.17, 15) is 0 Å². The molecule has 2 nitrogen and oxygen atoms in total. The van der Waals surface area contributed by atoms with Gasteiger partial charge in [-0.3, -0.25) is 0 Å². The monoisotopic (exact) mass is 246 g/mol. The van der Waals surface area contributed by atoms with E-state index in [1.54, 1.807) is 0 Å². The lowest BCUT2D eigenvalue weighted by molar-refractivity contribution is 0.350. The smallest absolute Gasteiger partial charge is 0.0411 e. The van der Waals surface area contributed by atoms with Gasteiger partial charge in [0.15, 0.2) is 0 Å². The van der Waals surface area contributed by atoms with E-state index >= 15 is 0 Å². The van der Waals surface area contributed by atoms with Gasteiger partial charge in [0.25, 0.3) is 0 Å². The highest BCUT2D eigenvalue weighted by molar-refractivity contribution is 5.62. The van der Waals surface area contributed by atoms with E-state index in [1.807, 2.05) is 0 Å². The predicted octanol–water partition coefficient (Wildman–Crippen LogP) is 4.05. The molecule has 0 aliphatic heterocycles. The van der Waals surface area contributed by atoms with Crippen molar-refractivity contribution in [3.8, 4) is 0 Å². The molecule has 1 aliphatic rings. The fraction of sp³-hybridized carbons (Fsp3) is 0.625. The largest absolute Gasteiger partial charge is 0.382 e. The minimum Gasteiger partial charge on any atom is -0.382 e. The van der Waals surface area contributed by atoms with Crippen LogP contribution in [-0.2, 0) is 0 Å². The second-order valence-electron chi connectivity index (χ2n) is 6.47. The molecule has 0 amide bonds. The quantitative estimate of drug-likeness (QED) is 0.865. The first-order valence-electron chi connectivity index (χ1n) is 6.95. The van der Waals surface area contributed by atoms with Crippen LogP contribution in [0.15, 0.2) is 18.2 Å². The van der Waals surface area contributed by atoms with Gasteiger partial charge in [0, 0.05) is 31.5 Å². The van der Waals surface area contributed by atoms with Crippen molar-refractivity contribution in [2.24, 2.45) is 5.41 Å². The Bertz CT molecular complexity index is 421. The number of hydrogen-bond acceptors (Lipinski definition) is 2. The van der Waals surface area contributed by atoms with Crippen LogP contribution in [0.1, 0.15) is 38.7 Å². The van der Waals surface area contributed by atoms with Crippen LogP contribution in [-0.4, -0.2) is 20.1 Å². The van der Waals surface area contributed by atoms with Crippen LogP contribution < -0.4 is 10.2 Å². The van der Waals surface area contributed by atoms with Crippen molar-refractivity contribution in [3.05, 3.63) is 23.8 Å². The minimum absolute atomic E-state index is 0.420. The molecule has 2 heteroatoms. The van der Waals surface area contributed by atoms with Gasteiger partial charge in [-0.25, -0.2) is 0 Å². The summed E-state index contributed by atoms with van der Waals surface area (Å²) in [5.74, 6) is 0. The van der Waals surface area contributed by atoms with Gasteiger partial charge in [0.2, 0.25) is 0 Å². The third kappa shape index (κ3) is 2.63. The van der Waals surface area contributed by atoms with Crippen molar-refractivity contribution in [2.75, 3.05) is 24.3 Å². The van der Waals surface area contributed by atoms with Crippen molar-refractivity contribution in [2.45, 2.75) is 46.1 Å². The van der Waals surface area contributed by atoms with Crippen LogP contribution >= 0.6 is 0 Å². The van der Waals surface area contributed by atoms with Crippen LogP contribution in [0.5, 0.6) is 0 Å². The Labute approximate surface area is 111 Å². The molecule has 1 aromatic carbocycles. The van der Waals surface area contributed by atoms with Crippen molar-refractivity contribution in [3.63, 3.8) is 0 Å². The van der Waals surface area contributed by atoms with Crippen molar-refractivity contribution in [1.82, 2.24) is 0 Å². The average Bonchev–Trinajstić information content (AvgIpc) is 2.60. The molecule has 0 spiro atoms. The molecule has 1 fully saturated rings. The van der Waals surface area contributed by atoms with Gasteiger partial charge in [-0.05, 0) is 42.9 Å². The Morgan fingerprint density at radius 1 is 1.28 bits per heavy atom. The molecule has 1 N–H and O–H groups in total. The lowest BCUT2D eigenvalue weighted by atomic mass is 9.87. The van der Waals surface area contributed by atoms with Crippen molar-refractivity contribution >= 4 is 11.4 Å². The molecule has 1 aromatic rings. The number of rotatable bonds is 3. The topological polar surface area (TPSA) is 15.3 Å². The van der Waals surface area contributed by atoms with Crippen LogP contribution in [0.3, 0.4) is 0 Å². The molecular weight excluding hydrogens is 220 g/mol. The summed E-state index contributed by atoms with van der Waals surface area (Å²) < 4.78 is 0. The van der Waals surface area contributed by atoms with Gasteiger partial charge < -0.3 is 10.2 Å². The summed E-state index contributed by atoms with van der Waals surface area (Å²) in [6, 6.07) is 7.29. The highest BCUT2D eigenvalue weighted by Crippen LogP contribution is 2.39. The number of aryl methyl sites for hydroxylation is 1. The maximum absolute atomic E-state index is 3.73. The van der Waals surface area contributed by atoms with Gasteiger partial charge in [-0.15, -0.1) is 0 Å². The molecule has 1 atom stereocenters. The van der Waals surface area contributed by atoms with E-state index in [0.717, 1.165) is 0 Å². The molecule has 100 valence electrons. The lowest BCUT2D eigenvalue weighted by Gasteiger charge is -2.29. The molecule has 1 saturated carbocycles. The lowest BCUT2D eigenvalue weighted by Crippen LogP contribution is -2.30. The predicted molar refractivity (Wildman–Crippen MR) is 80.5 cm³/mol. The number of hydrogen-bond donors (Lipinski definition) is 1. The maximum Gasteiger partial charge on any atom is 0.0411 e. The molecule has 0 aromatic heterocycles. The summed E-state index contributed by atoms with van der Waals surface area (Å²) in [7, 11) is 4.21. The maximum atomic E-state index is 3.73. The second kappa shape index (κ2) is 4.83. The highest BCUT2D eigenvalue weighted by Gasteiger charge is 2.34. The first-order chi connectivity index (χ1) is 8.40. The van der Waals surface area contributed by atoms with Crippen molar-refractivity contribution < 1.29 is 0 Å². The first-order valence-corrected chi connectivity index (χ1v) is 6.95. The normalized spacial score (nSPS) is 21.9. The molecule has 1 unspecified atom stereocenters. The van der Waals surface area contributed by atoms with Gasteiger partial charge in [0.1, 0.15) is 0 Å². The molecule has 0 saturated heterocycles. The van der Waals surface area contributed by atoms with E-state index in [2.05, 4.69) is 63.3 Å². The Kier molecular flexibility index (Phi) is 3.56. The van der Waals surface area contributed by atoms with E-state index in [4.69, 9.17) is 0 Å². The number of nitrogens with zero attached hydrogens (tertiary/aromatic N) is 1. The molecule has 0 radical (unpaired) electrons. The van der Waals surface area contributed by atoms with Crippen LogP contribution in [0.4, 0.5) is 11.4 Å². The Morgan fingerprint density at radius 2 is 2.00 bits per heavy atom. The van der Waals surface area contributed by atoms with Crippen LogP contribution in [0, 0.1) is 12.3 Å². The van der Waals surface area contributed by atoms with E-state index in [-0.39, 0.29) is 0 Å². The molecule has 1 aliphatic carbocycles. The summed E-state index contributed by atoms with van der Waals surface area (Å²) in [4.78, 5) is 2.18. The van der Waals surface area contributed by atoms with E-state index in [0.29, 0.717) is 11.5 Å². The first kappa shape index (κ1) is 13.3. The summed E-state index contributed by atoms with van der Waals surface area (Å²) in [6.45, 7) is 6.91. The highest BCUT2D eigenvalue weighted by atomic mass is 15.1. The zero-order valence-electron chi connectivity index (χ0n) is 12.4. The summed E-state index contributed by atoms with van der Waals surface area (Å²) >= 11 is 0. The van der Waals surface area contributed by atoms with E-state index < -0.39 is 0 Å². The summed E-state index contributed by atoms with van der Waals surface area (Å²) in [6.07, 6.45) is 3.96. The van der Waals surface area contributed by atoms with Gasteiger partial charge in [0.05, 0.1) is 0 Å². The van der Waals surface area contributed by atoms with E-state index in [1.165, 1.54) is 36.2 Å². The third-order valence-corrected chi connectivity index (χ3v) is 4.29. The van der Waals surface area contributed by atoms with Crippen LogP contribution in [0.25, 0.3) is 0 Å². The van der Waals surface area contributed by atoms with Crippen LogP contribution in [0.2, 0.25) is 0 Å². The molecule has 2 rings (SSSR count). The van der Waals surface area contributed by atoms with Gasteiger partial charge in [-0.1, -0.05) is 26.3 Å². The molecular formula is C16H26N2. The summed E-state index contributed by atoms with van der Waals surface area (Å²) in [5.41, 5.74) is 4.31. The van der Waals surface area contributed by atoms with Gasteiger partial charge >= 0.3 is 0 Å². The standard InChI is InChI=1S/C16H26N2/c1-12-8-9-13(11-14(12)18(4)5)17-15-7-6-10-16(15,2)3/h8-9,11,15,17H,6-7,10H2,1-5H3. The SMILES string of the molecule is Cc1ccc(NC2CCCC2(C)C)cc1N(C)C. The Balaban J connectivity index is 2.17. The average molecular weight is 246 g/mol. The number of nitrogens with one attached hydrogen (secondary N) is 1.